The van der Waals surface area contributed by atoms with Crippen LogP contribution in [0.3, 0.4) is 0 Å². The van der Waals surface area contributed by atoms with Gasteiger partial charge in [-0.15, -0.1) is 11.3 Å². The molecule has 2 aromatic rings. The van der Waals surface area contributed by atoms with Gasteiger partial charge in [0.1, 0.15) is 12.4 Å². The minimum absolute atomic E-state index is 0.0289. The summed E-state index contributed by atoms with van der Waals surface area (Å²) in [4.78, 5) is 26.4. The Morgan fingerprint density at radius 3 is 2.58 bits per heavy atom. The van der Waals surface area contributed by atoms with Crippen LogP contribution in [0.2, 0.25) is 0 Å². The van der Waals surface area contributed by atoms with Gasteiger partial charge in [0.2, 0.25) is 11.8 Å². The summed E-state index contributed by atoms with van der Waals surface area (Å²) in [7, 11) is 1.75. The van der Waals surface area contributed by atoms with Crippen molar-refractivity contribution in [2.45, 2.75) is 19.4 Å². The monoisotopic (exact) mass is 346 g/mol. The Morgan fingerprint density at radius 2 is 1.96 bits per heavy atom. The van der Waals surface area contributed by atoms with Crippen LogP contribution in [0.25, 0.3) is 0 Å². The lowest BCUT2D eigenvalue weighted by molar-refractivity contribution is -0.131. The minimum atomic E-state index is -0.285. The first-order valence-corrected chi connectivity index (χ1v) is 8.66. The Kier molecular flexibility index (Phi) is 6.81. The molecule has 1 unspecified atom stereocenters. The van der Waals surface area contributed by atoms with E-state index < -0.39 is 0 Å². The number of nitrogens with one attached hydrogen (secondary N) is 1. The molecule has 5 nitrogen and oxygen atoms in total. The van der Waals surface area contributed by atoms with Gasteiger partial charge < -0.3 is 15.0 Å². The smallest absolute Gasteiger partial charge is 0.224 e. The number of carbonyl (C=O) groups excluding carboxylic acids is 2. The molecule has 2 rings (SSSR count). The number of nitrogens with zero attached hydrogens (tertiary/aromatic N) is 1. The Morgan fingerprint density at radius 1 is 1.21 bits per heavy atom. The largest absolute Gasteiger partial charge is 0.492 e. The molecule has 0 aliphatic rings. The number of hydrogen-bond acceptors (Lipinski definition) is 4. The minimum Gasteiger partial charge on any atom is -0.492 e. The number of rotatable bonds is 8. The lowest BCUT2D eigenvalue weighted by Gasteiger charge is -2.21. The van der Waals surface area contributed by atoms with Crippen LogP contribution in [0.1, 0.15) is 24.3 Å². The molecule has 0 fully saturated rings. The normalized spacial score (nSPS) is 11.6. The highest BCUT2D eigenvalue weighted by Gasteiger charge is 2.20. The maximum absolute atomic E-state index is 12.4. The number of hydrogen-bond donors (Lipinski definition) is 1. The van der Waals surface area contributed by atoms with Gasteiger partial charge in [-0.2, -0.15) is 0 Å². The van der Waals surface area contributed by atoms with Crippen molar-refractivity contribution in [1.82, 2.24) is 10.2 Å². The van der Waals surface area contributed by atoms with Gasteiger partial charge in [0.05, 0.1) is 19.0 Å². The van der Waals surface area contributed by atoms with E-state index in [4.69, 9.17) is 4.74 Å². The molecular formula is C18H22N2O3S. The zero-order valence-corrected chi connectivity index (χ0v) is 14.7. The van der Waals surface area contributed by atoms with E-state index >= 15 is 0 Å². The summed E-state index contributed by atoms with van der Waals surface area (Å²) >= 11 is 1.53. The summed E-state index contributed by atoms with van der Waals surface area (Å²) < 4.78 is 5.61. The van der Waals surface area contributed by atoms with Gasteiger partial charge in [-0.3, -0.25) is 9.59 Å². The summed E-state index contributed by atoms with van der Waals surface area (Å²) in [5, 5.41) is 4.78. The lowest BCUT2D eigenvalue weighted by atomic mass is 10.1. The van der Waals surface area contributed by atoms with Crippen molar-refractivity contribution < 1.29 is 14.3 Å². The van der Waals surface area contributed by atoms with E-state index in [1.165, 1.54) is 18.3 Å². The number of thiophene rings is 1. The van der Waals surface area contributed by atoms with Crippen molar-refractivity contribution in [1.29, 1.82) is 0 Å². The van der Waals surface area contributed by atoms with E-state index in [-0.39, 0.29) is 24.3 Å². The lowest BCUT2D eigenvalue weighted by Crippen LogP contribution is -2.35. The molecule has 6 heteroatoms. The SMILES string of the molecule is CC(=O)NC(CC(=O)N(C)CCOc1ccccc1)c1cccs1. The van der Waals surface area contributed by atoms with Crippen molar-refractivity contribution in [3.8, 4) is 5.75 Å². The van der Waals surface area contributed by atoms with Crippen molar-refractivity contribution in [2.75, 3.05) is 20.2 Å². The molecule has 1 N–H and O–H groups in total. The molecule has 2 amide bonds. The van der Waals surface area contributed by atoms with Gasteiger partial charge in [-0.05, 0) is 23.6 Å². The van der Waals surface area contributed by atoms with E-state index in [2.05, 4.69) is 5.32 Å². The molecule has 0 aliphatic heterocycles. The molecular weight excluding hydrogens is 324 g/mol. The third kappa shape index (κ3) is 5.70. The number of carbonyl (C=O) groups is 2. The predicted octanol–water partition coefficient (Wildman–Crippen LogP) is 2.85. The van der Waals surface area contributed by atoms with Gasteiger partial charge in [0.25, 0.3) is 0 Å². The van der Waals surface area contributed by atoms with Gasteiger partial charge in [-0.1, -0.05) is 24.3 Å². The average Bonchev–Trinajstić information content (AvgIpc) is 3.09. The zero-order chi connectivity index (χ0) is 17.4. The first kappa shape index (κ1) is 18.0. The molecule has 1 aromatic heterocycles. The number of ether oxygens (including phenoxy) is 1. The topological polar surface area (TPSA) is 58.6 Å². The molecule has 0 radical (unpaired) electrons. The molecule has 0 bridgehead atoms. The molecule has 0 spiro atoms. The Balaban J connectivity index is 1.83. The Bertz CT molecular complexity index is 644. The van der Waals surface area contributed by atoms with Gasteiger partial charge >= 0.3 is 0 Å². The number of para-hydroxylation sites is 1. The predicted molar refractivity (Wildman–Crippen MR) is 95.1 cm³/mol. The molecule has 0 aliphatic carbocycles. The van der Waals surface area contributed by atoms with Crippen molar-refractivity contribution >= 4 is 23.2 Å². The summed E-state index contributed by atoms with van der Waals surface area (Å²) in [5.41, 5.74) is 0. The second-order valence-corrected chi connectivity index (χ2v) is 6.43. The molecule has 0 saturated carbocycles. The maximum atomic E-state index is 12.4. The molecule has 1 atom stereocenters. The van der Waals surface area contributed by atoms with Crippen LogP contribution in [-0.2, 0) is 9.59 Å². The molecule has 0 saturated heterocycles. The van der Waals surface area contributed by atoms with E-state index in [1.807, 2.05) is 47.8 Å². The first-order valence-electron chi connectivity index (χ1n) is 7.78. The molecule has 24 heavy (non-hydrogen) atoms. The molecule has 1 aromatic carbocycles. The van der Waals surface area contributed by atoms with E-state index in [0.29, 0.717) is 13.2 Å². The van der Waals surface area contributed by atoms with Gasteiger partial charge in [0.15, 0.2) is 0 Å². The third-order valence-electron chi connectivity index (χ3n) is 3.51. The highest BCUT2D eigenvalue weighted by atomic mass is 32.1. The zero-order valence-electron chi connectivity index (χ0n) is 13.9. The second kappa shape index (κ2) is 9.08. The summed E-state index contributed by atoms with van der Waals surface area (Å²) in [5.74, 6) is 0.614. The van der Waals surface area contributed by atoms with Crippen molar-refractivity contribution in [2.24, 2.45) is 0 Å². The summed E-state index contributed by atoms with van der Waals surface area (Å²) in [6.45, 7) is 2.38. The summed E-state index contributed by atoms with van der Waals surface area (Å²) in [6, 6.07) is 13.1. The van der Waals surface area contributed by atoms with E-state index in [1.54, 1.807) is 11.9 Å². The van der Waals surface area contributed by atoms with Gasteiger partial charge in [-0.25, -0.2) is 0 Å². The van der Waals surface area contributed by atoms with Crippen molar-refractivity contribution in [3.63, 3.8) is 0 Å². The van der Waals surface area contributed by atoms with E-state index in [0.717, 1.165) is 10.6 Å². The van der Waals surface area contributed by atoms with Crippen LogP contribution in [-0.4, -0.2) is 36.9 Å². The fourth-order valence-corrected chi connectivity index (χ4v) is 3.01. The van der Waals surface area contributed by atoms with Crippen LogP contribution in [0.4, 0.5) is 0 Å². The second-order valence-electron chi connectivity index (χ2n) is 5.45. The van der Waals surface area contributed by atoms with Crippen LogP contribution in [0.5, 0.6) is 5.75 Å². The standard InChI is InChI=1S/C18H22N2O3S/c1-14(21)19-16(17-9-6-12-24-17)13-18(22)20(2)10-11-23-15-7-4-3-5-8-15/h3-9,12,16H,10-11,13H2,1-2H3,(H,19,21). The Hall–Kier alpha value is -2.34. The first-order chi connectivity index (χ1) is 11.6. The quantitative estimate of drug-likeness (QED) is 0.800. The average molecular weight is 346 g/mol. The van der Waals surface area contributed by atoms with Crippen molar-refractivity contribution in [3.05, 3.63) is 52.7 Å². The number of likely N-dealkylation sites (N-methyl/N-ethyl adjacent to an activating group) is 1. The fourth-order valence-electron chi connectivity index (χ4n) is 2.23. The van der Waals surface area contributed by atoms with Crippen LogP contribution in [0.15, 0.2) is 47.8 Å². The summed E-state index contributed by atoms with van der Waals surface area (Å²) in [6.07, 6.45) is 0.238. The van der Waals surface area contributed by atoms with Crippen LogP contribution < -0.4 is 10.1 Å². The van der Waals surface area contributed by atoms with Crippen LogP contribution in [0, 0.1) is 0 Å². The number of benzene rings is 1. The Labute approximate surface area is 146 Å². The van der Waals surface area contributed by atoms with Crippen LogP contribution >= 0.6 is 11.3 Å². The highest BCUT2D eigenvalue weighted by Crippen LogP contribution is 2.22. The molecule has 128 valence electrons. The molecule has 1 heterocycles. The van der Waals surface area contributed by atoms with Gasteiger partial charge in [0, 0.05) is 18.8 Å². The maximum Gasteiger partial charge on any atom is 0.224 e. The highest BCUT2D eigenvalue weighted by molar-refractivity contribution is 7.10. The number of amides is 2. The third-order valence-corrected chi connectivity index (χ3v) is 4.49. The fraction of sp³-hybridized carbons (Fsp3) is 0.333. The van der Waals surface area contributed by atoms with E-state index in [9.17, 15) is 9.59 Å².